The Bertz CT molecular complexity index is 596. The van der Waals surface area contributed by atoms with Crippen molar-refractivity contribution in [2.45, 2.75) is 42.5 Å². The topological polar surface area (TPSA) is 192 Å². The molecular formula is C14H22N2O10. The highest BCUT2D eigenvalue weighted by molar-refractivity contribution is 5.96. The molecule has 2 heterocycles. The van der Waals surface area contributed by atoms with Crippen molar-refractivity contribution < 1.29 is 49.3 Å². The number of nitrogens with two attached hydrogens (primary N) is 1. The molecule has 0 aliphatic carbocycles. The van der Waals surface area contributed by atoms with Crippen LogP contribution < -0.4 is 5.73 Å². The second-order valence-electron chi connectivity index (χ2n) is 5.95. The molecule has 12 heteroatoms. The van der Waals surface area contributed by atoms with Crippen molar-refractivity contribution in [1.82, 2.24) is 4.90 Å². The number of nitrogens with zero attached hydrogens (tertiary/aromatic N) is 1. The van der Waals surface area contributed by atoms with Crippen LogP contribution in [-0.4, -0.2) is 106 Å². The Morgan fingerprint density at radius 3 is 2.42 bits per heavy atom. The average Bonchev–Trinajstić information content (AvgIpc) is 2.61. The van der Waals surface area contributed by atoms with Gasteiger partial charge in [-0.3, -0.25) is 9.59 Å². The van der Waals surface area contributed by atoms with E-state index in [0.29, 0.717) is 0 Å². The van der Waals surface area contributed by atoms with Crippen LogP contribution in [-0.2, 0) is 23.8 Å². The van der Waals surface area contributed by atoms with Gasteiger partial charge in [0.2, 0.25) is 0 Å². The second kappa shape index (κ2) is 7.44. The largest absolute Gasteiger partial charge is 0.497 e. The molecule has 0 spiro atoms. The second-order valence-corrected chi connectivity index (χ2v) is 5.95. The monoisotopic (exact) mass is 378 g/mol. The SMILES string of the molecule is COC1=CC(=O)N(C)C(O)C1(OC1OC(CO)C(O)C(O)C1O)C(N)=O. The van der Waals surface area contributed by atoms with E-state index < -0.39 is 66.7 Å². The summed E-state index contributed by atoms with van der Waals surface area (Å²) in [5.41, 5.74) is 2.91. The van der Waals surface area contributed by atoms with Crippen molar-refractivity contribution >= 4 is 11.8 Å². The Balaban J connectivity index is 2.45. The minimum Gasteiger partial charge on any atom is -0.497 e. The summed E-state index contributed by atoms with van der Waals surface area (Å²) in [6.45, 7) is -0.734. The van der Waals surface area contributed by atoms with Gasteiger partial charge in [-0.15, -0.1) is 0 Å². The Labute approximate surface area is 148 Å². The fourth-order valence-electron chi connectivity index (χ4n) is 2.83. The molecule has 12 nitrogen and oxygen atoms in total. The van der Waals surface area contributed by atoms with Crippen LogP contribution in [0.5, 0.6) is 0 Å². The summed E-state index contributed by atoms with van der Waals surface area (Å²) in [6.07, 6.45) is -9.51. The fraction of sp³-hybridized carbons (Fsp3) is 0.714. The first-order valence-corrected chi connectivity index (χ1v) is 7.61. The van der Waals surface area contributed by atoms with E-state index in [1.165, 1.54) is 7.05 Å². The summed E-state index contributed by atoms with van der Waals surface area (Å²) < 4.78 is 15.6. The minimum atomic E-state index is -2.47. The number of aliphatic hydroxyl groups is 5. The van der Waals surface area contributed by atoms with E-state index in [1.54, 1.807) is 0 Å². The Hall–Kier alpha value is -1.80. The summed E-state index contributed by atoms with van der Waals surface area (Å²) in [5.74, 6) is -2.42. The van der Waals surface area contributed by atoms with Crippen LogP contribution in [0.3, 0.4) is 0 Å². The molecule has 2 aliphatic rings. The number of primary amides is 1. The smallest absolute Gasteiger partial charge is 0.262 e. The van der Waals surface area contributed by atoms with Crippen LogP contribution in [0.4, 0.5) is 0 Å². The minimum absolute atomic E-state index is 0.447. The number of aliphatic hydroxyl groups excluding tert-OH is 5. The van der Waals surface area contributed by atoms with E-state index in [0.717, 1.165) is 18.1 Å². The molecule has 2 rings (SSSR count). The first-order chi connectivity index (χ1) is 12.1. The number of rotatable bonds is 5. The maximum atomic E-state index is 12.2. The summed E-state index contributed by atoms with van der Waals surface area (Å²) in [6, 6.07) is 0. The van der Waals surface area contributed by atoms with Gasteiger partial charge in [-0.25, -0.2) is 0 Å². The van der Waals surface area contributed by atoms with Crippen molar-refractivity contribution in [2.24, 2.45) is 5.73 Å². The van der Waals surface area contributed by atoms with E-state index in [9.17, 15) is 35.1 Å². The number of methoxy groups -OCH3 is 1. The summed E-state index contributed by atoms with van der Waals surface area (Å²) in [5, 5.41) is 49.4. The van der Waals surface area contributed by atoms with Crippen molar-refractivity contribution in [3.8, 4) is 0 Å². The first-order valence-electron chi connectivity index (χ1n) is 7.61. The lowest BCUT2D eigenvalue weighted by Gasteiger charge is -2.47. The molecule has 0 radical (unpaired) electrons. The number of likely N-dealkylation sites (N-methyl/N-ethyl adjacent to an activating group) is 1. The van der Waals surface area contributed by atoms with Crippen LogP contribution in [0.2, 0.25) is 0 Å². The van der Waals surface area contributed by atoms with Gasteiger partial charge in [0, 0.05) is 13.1 Å². The number of carbonyl (C=O) groups excluding carboxylic acids is 2. The molecule has 7 atom stereocenters. The van der Waals surface area contributed by atoms with Gasteiger partial charge >= 0.3 is 0 Å². The van der Waals surface area contributed by atoms with Gasteiger partial charge in [-0.05, 0) is 0 Å². The van der Waals surface area contributed by atoms with Crippen molar-refractivity contribution in [3.05, 3.63) is 11.8 Å². The molecule has 0 saturated carbocycles. The molecule has 2 aliphatic heterocycles. The zero-order valence-electron chi connectivity index (χ0n) is 14.1. The molecule has 26 heavy (non-hydrogen) atoms. The number of hydrogen-bond donors (Lipinski definition) is 6. The molecule has 148 valence electrons. The third kappa shape index (κ3) is 3.05. The molecule has 0 bridgehead atoms. The van der Waals surface area contributed by atoms with Gasteiger partial charge in [0.05, 0.1) is 13.7 Å². The molecule has 0 aromatic heterocycles. The lowest BCUT2D eigenvalue weighted by atomic mass is 9.92. The van der Waals surface area contributed by atoms with E-state index in [1.807, 2.05) is 0 Å². The van der Waals surface area contributed by atoms with Gasteiger partial charge in [0.25, 0.3) is 17.4 Å². The van der Waals surface area contributed by atoms with Crippen LogP contribution >= 0.6 is 0 Å². The summed E-state index contributed by atoms with van der Waals surface area (Å²) in [4.78, 5) is 24.8. The van der Waals surface area contributed by atoms with Gasteiger partial charge in [0.15, 0.2) is 12.5 Å². The number of amides is 2. The normalized spacial score (nSPS) is 41.0. The molecule has 0 aromatic carbocycles. The molecule has 1 fully saturated rings. The highest BCUT2D eigenvalue weighted by Gasteiger charge is 2.59. The average molecular weight is 378 g/mol. The van der Waals surface area contributed by atoms with Crippen LogP contribution in [0.25, 0.3) is 0 Å². The van der Waals surface area contributed by atoms with Crippen molar-refractivity contribution in [1.29, 1.82) is 0 Å². The lowest BCUT2D eigenvalue weighted by molar-refractivity contribution is -0.333. The number of carbonyl (C=O) groups is 2. The van der Waals surface area contributed by atoms with Gasteiger partial charge < -0.3 is 50.4 Å². The lowest BCUT2D eigenvalue weighted by Crippen LogP contribution is -2.69. The van der Waals surface area contributed by atoms with E-state index >= 15 is 0 Å². The predicted octanol–water partition coefficient (Wildman–Crippen LogP) is -4.65. The third-order valence-electron chi connectivity index (χ3n) is 4.44. The fourth-order valence-corrected chi connectivity index (χ4v) is 2.83. The van der Waals surface area contributed by atoms with Gasteiger partial charge in [-0.2, -0.15) is 0 Å². The highest BCUT2D eigenvalue weighted by atomic mass is 16.7. The molecular weight excluding hydrogens is 356 g/mol. The van der Waals surface area contributed by atoms with Crippen LogP contribution in [0.1, 0.15) is 0 Å². The molecule has 7 N–H and O–H groups in total. The Morgan fingerprint density at radius 1 is 1.31 bits per heavy atom. The summed E-state index contributed by atoms with van der Waals surface area (Å²) in [7, 11) is 2.27. The first kappa shape index (κ1) is 20.5. The third-order valence-corrected chi connectivity index (χ3v) is 4.44. The molecule has 7 unspecified atom stereocenters. The van der Waals surface area contributed by atoms with E-state index in [-0.39, 0.29) is 0 Å². The predicted molar refractivity (Wildman–Crippen MR) is 80.6 cm³/mol. The van der Waals surface area contributed by atoms with Crippen LogP contribution in [0, 0.1) is 0 Å². The van der Waals surface area contributed by atoms with Crippen LogP contribution in [0.15, 0.2) is 11.8 Å². The van der Waals surface area contributed by atoms with E-state index in [4.69, 9.17) is 19.9 Å². The molecule has 0 aromatic rings. The van der Waals surface area contributed by atoms with Crippen molar-refractivity contribution in [3.63, 3.8) is 0 Å². The number of ether oxygens (including phenoxy) is 3. The Morgan fingerprint density at radius 2 is 1.92 bits per heavy atom. The standard InChI is InChI=1S/C14H22N2O10/c1-16-7(18)3-6(24-2)14(12(15)22,13(16)23)26-11-10(21)9(20)8(19)5(4-17)25-11/h3,5,8-11,13,17,19-21,23H,4H2,1-2H3,(H2,15,22). The van der Waals surface area contributed by atoms with Crippen molar-refractivity contribution in [2.75, 3.05) is 20.8 Å². The van der Waals surface area contributed by atoms with Gasteiger partial charge in [0.1, 0.15) is 30.2 Å². The zero-order chi connectivity index (χ0) is 19.8. The van der Waals surface area contributed by atoms with Gasteiger partial charge in [-0.1, -0.05) is 0 Å². The molecule has 1 saturated heterocycles. The Kier molecular flexibility index (Phi) is 5.87. The van der Waals surface area contributed by atoms with E-state index in [2.05, 4.69) is 0 Å². The maximum Gasteiger partial charge on any atom is 0.262 e. The quantitative estimate of drug-likeness (QED) is 0.271. The summed E-state index contributed by atoms with van der Waals surface area (Å²) >= 11 is 0. The highest BCUT2D eigenvalue weighted by Crippen LogP contribution is 2.36. The molecule has 2 amide bonds. The maximum absolute atomic E-state index is 12.2. The zero-order valence-corrected chi connectivity index (χ0v) is 14.1. The number of hydrogen-bond acceptors (Lipinski definition) is 10.